The number of halogens is 2. The van der Waals surface area contributed by atoms with Gasteiger partial charge < -0.3 is 15.1 Å². The summed E-state index contributed by atoms with van der Waals surface area (Å²) in [5.41, 5.74) is 2.13. The first-order valence-corrected chi connectivity index (χ1v) is 10.3. The summed E-state index contributed by atoms with van der Waals surface area (Å²) >= 11 is 5.98. The molecule has 7 nitrogen and oxygen atoms in total. The molecule has 2 amide bonds. The summed E-state index contributed by atoms with van der Waals surface area (Å²) in [4.78, 5) is 24.3. The number of nitrogens with one attached hydrogen (secondary N) is 2. The lowest BCUT2D eigenvalue weighted by Gasteiger charge is -2.20. The third-order valence-electron chi connectivity index (χ3n) is 4.94. The Morgan fingerprint density at radius 3 is 2.69 bits per heavy atom. The van der Waals surface area contributed by atoms with Gasteiger partial charge in [0.25, 0.3) is 5.91 Å². The maximum Gasteiger partial charge on any atom is 0.262 e. The number of carbonyl (C=O) groups excluding carboxylic acids is 2. The Bertz CT molecular complexity index is 1160. The Kier molecular flexibility index (Phi) is 6.23. The maximum atomic E-state index is 13.9. The predicted molar refractivity (Wildman–Crippen MR) is 120 cm³/mol. The summed E-state index contributed by atoms with van der Waals surface area (Å²) in [6.45, 7) is 1.21. The van der Waals surface area contributed by atoms with E-state index < -0.39 is 5.82 Å². The molecule has 0 spiro atoms. The third kappa shape index (κ3) is 4.81. The van der Waals surface area contributed by atoms with Gasteiger partial charge in [0.2, 0.25) is 5.91 Å². The number of anilines is 2. The number of hydrogen-bond donors (Lipinski definition) is 2. The van der Waals surface area contributed by atoms with Gasteiger partial charge in [-0.2, -0.15) is 5.10 Å². The molecular formula is C23H20ClFN4O3. The van der Waals surface area contributed by atoms with Crippen molar-refractivity contribution >= 4 is 40.5 Å². The molecule has 0 saturated heterocycles. The molecule has 0 saturated carbocycles. The van der Waals surface area contributed by atoms with Crippen LogP contribution in [0.25, 0.3) is 0 Å². The first kappa shape index (κ1) is 21.6. The Labute approximate surface area is 188 Å². The molecule has 164 valence electrons. The summed E-state index contributed by atoms with van der Waals surface area (Å²) in [5.74, 6) is -0.618. The van der Waals surface area contributed by atoms with Crippen molar-refractivity contribution in [3.63, 3.8) is 0 Å². The van der Waals surface area contributed by atoms with Gasteiger partial charge in [-0.05, 0) is 48.0 Å². The summed E-state index contributed by atoms with van der Waals surface area (Å²) in [5, 5.41) is 11.9. The highest BCUT2D eigenvalue weighted by atomic mass is 35.5. The fraction of sp³-hybridized carbons (Fsp3) is 0.174. The molecule has 0 bridgehead atoms. The van der Waals surface area contributed by atoms with Gasteiger partial charge in [0.1, 0.15) is 17.6 Å². The molecule has 1 aliphatic heterocycles. The summed E-state index contributed by atoms with van der Waals surface area (Å²) in [7, 11) is 0. The molecule has 2 aromatic carbocycles. The topological polar surface area (TPSA) is 86.9 Å². The van der Waals surface area contributed by atoms with Crippen LogP contribution in [0, 0.1) is 5.82 Å². The zero-order chi connectivity index (χ0) is 22.7. The normalized spacial score (nSPS) is 15.4. The summed E-state index contributed by atoms with van der Waals surface area (Å²) in [6.07, 6.45) is 2.04. The Morgan fingerprint density at radius 2 is 2.00 bits per heavy atom. The van der Waals surface area contributed by atoms with Crippen LogP contribution < -0.4 is 10.6 Å². The third-order valence-corrected chi connectivity index (χ3v) is 5.19. The fourth-order valence-electron chi connectivity index (χ4n) is 3.44. The number of rotatable bonds is 6. The molecule has 0 aliphatic carbocycles. The van der Waals surface area contributed by atoms with E-state index in [1.807, 2.05) is 12.1 Å². The lowest BCUT2D eigenvalue weighted by Crippen LogP contribution is -2.32. The highest BCUT2D eigenvalue weighted by Gasteiger charge is 2.34. The summed E-state index contributed by atoms with van der Waals surface area (Å²) < 4.78 is 19.4. The van der Waals surface area contributed by atoms with Crippen LogP contribution in [0.3, 0.4) is 0 Å². The van der Waals surface area contributed by atoms with E-state index in [1.165, 1.54) is 30.1 Å². The molecule has 1 atom stereocenters. The summed E-state index contributed by atoms with van der Waals surface area (Å²) in [6, 6.07) is 14.6. The number of nitrogens with zero attached hydrogens (tertiary/aromatic N) is 2. The van der Waals surface area contributed by atoms with Gasteiger partial charge in [-0.15, -0.1) is 0 Å². The van der Waals surface area contributed by atoms with Gasteiger partial charge >= 0.3 is 0 Å². The van der Waals surface area contributed by atoms with Crippen molar-refractivity contribution < 1.29 is 18.4 Å². The van der Waals surface area contributed by atoms with Crippen molar-refractivity contribution in [2.45, 2.75) is 19.4 Å². The predicted octanol–water partition coefficient (Wildman–Crippen LogP) is 4.82. The minimum atomic E-state index is -0.563. The Morgan fingerprint density at radius 1 is 1.22 bits per heavy atom. The van der Waals surface area contributed by atoms with Gasteiger partial charge in [-0.1, -0.05) is 23.7 Å². The molecule has 0 radical (unpaired) electrons. The van der Waals surface area contributed by atoms with Crippen LogP contribution in [0.1, 0.15) is 30.7 Å². The van der Waals surface area contributed by atoms with Gasteiger partial charge in [-0.25, -0.2) is 9.40 Å². The van der Waals surface area contributed by atoms with Crippen LogP contribution in [0.2, 0.25) is 5.02 Å². The first-order chi connectivity index (χ1) is 15.4. The average Bonchev–Trinajstić information content (AvgIpc) is 3.44. The SMILES string of the molecule is CC(=O)Nc1cc(NCC(=O)N2N=C(c3ccc(Cl)cc3)CC2c2ccco2)ccc1F. The minimum absolute atomic E-state index is 0.0348. The molecule has 1 unspecified atom stereocenters. The number of hydrogen-bond acceptors (Lipinski definition) is 5. The second kappa shape index (κ2) is 9.23. The van der Waals surface area contributed by atoms with Crippen molar-refractivity contribution in [2.75, 3.05) is 17.2 Å². The first-order valence-electron chi connectivity index (χ1n) is 9.90. The molecule has 3 aromatic rings. The van der Waals surface area contributed by atoms with E-state index in [9.17, 15) is 14.0 Å². The van der Waals surface area contributed by atoms with E-state index in [2.05, 4.69) is 15.7 Å². The van der Waals surface area contributed by atoms with Crippen molar-refractivity contribution in [1.82, 2.24) is 5.01 Å². The minimum Gasteiger partial charge on any atom is -0.467 e. The van der Waals surface area contributed by atoms with E-state index in [0.29, 0.717) is 22.9 Å². The number of benzene rings is 2. The van der Waals surface area contributed by atoms with E-state index in [4.69, 9.17) is 16.0 Å². The van der Waals surface area contributed by atoms with Gasteiger partial charge in [-0.3, -0.25) is 9.59 Å². The Hall–Kier alpha value is -3.65. The van der Waals surface area contributed by atoms with Crippen LogP contribution in [0.5, 0.6) is 0 Å². The van der Waals surface area contributed by atoms with E-state index in [0.717, 1.165) is 11.3 Å². The molecule has 4 rings (SSSR count). The van der Waals surface area contributed by atoms with Crippen LogP contribution >= 0.6 is 11.6 Å². The molecule has 1 aromatic heterocycles. The standard InChI is InChI=1S/C23H20ClFN4O3/c1-14(30)27-20-11-17(8-9-18(20)25)26-13-23(31)29-21(22-3-2-10-32-22)12-19(28-29)15-4-6-16(24)7-5-15/h2-11,21,26H,12-13H2,1H3,(H,27,30). The lowest BCUT2D eigenvalue weighted by atomic mass is 10.0. The van der Waals surface area contributed by atoms with Crippen molar-refractivity contribution in [2.24, 2.45) is 5.10 Å². The average molecular weight is 455 g/mol. The maximum absolute atomic E-state index is 13.9. The smallest absolute Gasteiger partial charge is 0.262 e. The number of amides is 2. The zero-order valence-corrected chi connectivity index (χ0v) is 17.9. The Balaban J connectivity index is 1.52. The fourth-order valence-corrected chi connectivity index (χ4v) is 3.56. The van der Waals surface area contributed by atoms with Gasteiger partial charge in [0, 0.05) is 24.1 Å². The quantitative estimate of drug-likeness (QED) is 0.559. The van der Waals surface area contributed by atoms with Crippen LogP contribution in [-0.4, -0.2) is 29.1 Å². The molecule has 2 heterocycles. The highest BCUT2D eigenvalue weighted by Crippen LogP contribution is 2.33. The number of hydrazone groups is 1. The molecule has 32 heavy (non-hydrogen) atoms. The zero-order valence-electron chi connectivity index (χ0n) is 17.1. The van der Waals surface area contributed by atoms with Crippen molar-refractivity contribution in [1.29, 1.82) is 0 Å². The molecule has 0 fully saturated rings. The van der Waals surface area contributed by atoms with Gasteiger partial charge in [0.05, 0.1) is 24.2 Å². The van der Waals surface area contributed by atoms with Crippen molar-refractivity contribution in [3.05, 3.63) is 83.0 Å². The van der Waals surface area contributed by atoms with E-state index >= 15 is 0 Å². The monoisotopic (exact) mass is 454 g/mol. The molecule has 9 heteroatoms. The largest absolute Gasteiger partial charge is 0.467 e. The second-order valence-corrected chi connectivity index (χ2v) is 7.69. The highest BCUT2D eigenvalue weighted by molar-refractivity contribution is 6.30. The molecule has 2 N–H and O–H groups in total. The van der Waals surface area contributed by atoms with E-state index in [1.54, 1.807) is 30.5 Å². The van der Waals surface area contributed by atoms with Crippen LogP contribution in [0.15, 0.2) is 70.4 Å². The number of furan rings is 1. The van der Waals surface area contributed by atoms with Crippen LogP contribution in [-0.2, 0) is 9.59 Å². The van der Waals surface area contributed by atoms with Gasteiger partial charge in [0.15, 0.2) is 0 Å². The lowest BCUT2D eigenvalue weighted by molar-refractivity contribution is -0.131. The molecular weight excluding hydrogens is 435 g/mol. The van der Waals surface area contributed by atoms with Crippen molar-refractivity contribution in [3.8, 4) is 0 Å². The number of carbonyl (C=O) groups is 2. The second-order valence-electron chi connectivity index (χ2n) is 7.26. The van der Waals surface area contributed by atoms with E-state index in [-0.39, 0.29) is 30.1 Å². The van der Waals surface area contributed by atoms with Crippen LogP contribution in [0.4, 0.5) is 15.8 Å². The molecule has 1 aliphatic rings.